The van der Waals surface area contributed by atoms with E-state index < -0.39 is 0 Å². The van der Waals surface area contributed by atoms with Crippen molar-refractivity contribution in [1.82, 2.24) is 9.80 Å². The fraction of sp³-hybridized carbons (Fsp3) is 1.00. The Labute approximate surface area is 131 Å². The van der Waals surface area contributed by atoms with Crippen LogP contribution in [0.4, 0.5) is 0 Å². The molecule has 21 heavy (non-hydrogen) atoms. The highest BCUT2D eigenvalue weighted by atomic mass is 16.5. The van der Waals surface area contributed by atoms with Gasteiger partial charge in [0.2, 0.25) is 0 Å². The average molecular weight is 294 g/mol. The Kier molecular flexibility index (Phi) is 5.23. The van der Waals surface area contributed by atoms with Crippen molar-refractivity contribution in [2.45, 2.75) is 58.0 Å². The van der Waals surface area contributed by atoms with Gasteiger partial charge in [0.25, 0.3) is 0 Å². The standard InChI is InChI=1S/C18H34N2O/c1-3-8-19-9-4-16(5-10-19)15-20-11-6-18(7-12-20)13-17(14-18)21-2/h16-17H,3-15H2,1-2H3. The van der Waals surface area contributed by atoms with Crippen molar-refractivity contribution in [1.29, 1.82) is 0 Å². The van der Waals surface area contributed by atoms with E-state index in [0.717, 1.165) is 5.92 Å². The largest absolute Gasteiger partial charge is 0.381 e. The lowest BCUT2D eigenvalue weighted by molar-refractivity contribution is -0.0892. The van der Waals surface area contributed by atoms with Gasteiger partial charge in [-0.1, -0.05) is 6.92 Å². The smallest absolute Gasteiger partial charge is 0.0582 e. The first-order chi connectivity index (χ1) is 10.2. The maximum absolute atomic E-state index is 5.47. The molecule has 0 bridgehead atoms. The number of likely N-dealkylation sites (tertiary alicyclic amines) is 2. The Balaban J connectivity index is 1.35. The van der Waals surface area contributed by atoms with Crippen molar-refractivity contribution < 1.29 is 4.74 Å². The SMILES string of the molecule is CCCN1CCC(CN2CCC3(CC2)CC(OC)C3)CC1. The lowest BCUT2D eigenvalue weighted by Crippen LogP contribution is -2.50. The number of hydrogen-bond acceptors (Lipinski definition) is 3. The summed E-state index contributed by atoms with van der Waals surface area (Å²) in [6.45, 7) is 10.3. The monoisotopic (exact) mass is 294 g/mol. The van der Waals surface area contributed by atoms with Crippen LogP contribution in [0.5, 0.6) is 0 Å². The molecular weight excluding hydrogens is 260 g/mol. The Morgan fingerprint density at radius 1 is 1.00 bits per heavy atom. The van der Waals surface area contributed by atoms with Gasteiger partial charge in [-0.15, -0.1) is 0 Å². The van der Waals surface area contributed by atoms with Gasteiger partial charge >= 0.3 is 0 Å². The van der Waals surface area contributed by atoms with Gasteiger partial charge in [-0.25, -0.2) is 0 Å². The van der Waals surface area contributed by atoms with Crippen LogP contribution in [0, 0.1) is 11.3 Å². The number of hydrogen-bond donors (Lipinski definition) is 0. The number of ether oxygens (including phenoxy) is 1. The Morgan fingerprint density at radius 2 is 1.67 bits per heavy atom. The maximum atomic E-state index is 5.47. The second kappa shape index (κ2) is 6.97. The number of methoxy groups -OCH3 is 1. The first-order valence-electron chi connectivity index (χ1n) is 9.20. The molecule has 0 N–H and O–H groups in total. The van der Waals surface area contributed by atoms with Gasteiger partial charge in [-0.05, 0) is 89.0 Å². The zero-order valence-corrected chi connectivity index (χ0v) is 14.1. The highest BCUT2D eigenvalue weighted by Gasteiger charge is 2.45. The molecule has 122 valence electrons. The van der Waals surface area contributed by atoms with E-state index in [1.54, 1.807) is 0 Å². The molecular formula is C18H34N2O. The molecule has 3 heteroatoms. The van der Waals surface area contributed by atoms with Crippen LogP contribution in [0.2, 0.25) is 0 Å². The van der Waals surface area contributed by atoms with Crippen molar-refractivity contribution in [2.75, 3.05) is 46.4 Å². The van der Waals surface area contributed by atoms with E-state index in [-0.39, 0.29) is 0 Å². The van der Waals surface area contributed by atoms with Gasteiger partial charge < -0.3 is 14.5 Å². The fourth-order valence-corrected chi connectivity index (χ4v) is 4.76. The summed E-state index contributed by atoms with van der Waals surface area (Å²) in [5.41, 5.74) is 0.668. The molecule has 0 aromatic carbocycles. The summed E-state index contributed by atoms with van der Waals surface area (Å²) in [4.78, 5) is 5.41. The minimum Gasteiger partial charge on any atom is -0.381 e. The highest BCUT2D eigenvalue weighted by Crippen LogP contribution is 2.50. The fourth-order valence-electron chi connectivity index (χ4n) is 4.76. The Hall–Kier alpha value is -0.120. The van der Waals surface area contributed by atoms with E-state index in [1.165, 1.54) is 84.2 Å². The second-order valence-electron chi connectivity index (χ2n) is 7.85. The number of piperidine rings is 2. The van der Waals surface area contributed by atoms with Crippen molar-refractivity contribution in [2.24, 2.45) is 11.3 Å². The molecule has 0 radical (unpaired) electrons. The average Bonchev–Trinajstić information content (AvgIpc) is 2.48. The summed E-state index contributed by atoms with van der Waals surface area (Å²) in [6, 6.07) is 0. The minimum atomic E-state index is 0.569. The van der Waals surface area contributed by atoms with E-state index in [0.29, 0.717) is 11.5 Å². The molecule has 1 aliphatic carbocycles. The van der Waals surface area contributed by atoms with Crippen LogP contribution in [0.15, 0.2) is 0 Å². The summed E-state index contributed by atoms with van der Waals surface area (Å²) >= 11 is 0. The molecule has 0 amide bonds. The third-order valence-electron chi connectivity index (χ3n) is 6.33. The lowest BCUT2D eigenvalue weighted by Gasteiger charge is -2.52. The zero-order valence-electron chi connectivity index (χ0n) is 14.1. The predicted molar refractivity (Wildman–Crippen MR) is 87.6 cm³/mol. The van der Waals surface area contributed by atoms with Crippen molar-refractivity contribution in [3.63, 3.8) is 0 Å². The molecule has 3 rings (SSSR count). The number of nitrogens with zero attached hydrogens (tertiary/aromatic N) is 2. The van der Waals surface area contributed by atoms with Crippen molar-refractivity contribution in [3.05, 3.63) is 0 Å². The van der Waals surface area contributed by atoms with Crippen LogP contribution in [-0.2, 0) is 4.74 Å². The number of rotatable bonds is 5. The summed E-state index contributed by atoms with van der Waals surface area (Å²) in [7, 11) is 1.87. The Bertz CT molecular complexity index is 309. The normalized spacial score (nSPS) is 28.9. The third kappa shape index (κ3) is 3.80. The molecule has 2 aliphatic heterocycles. The van der Waals surface area contributed by atoms with E-state index in [4.69, 9.17) is 4.74 Å². The quantitative estimate of drug-likeness (QED) is 0.775. The summed E-state index contributed by atoms with van der Waals surface area (Å²) in [5, 5.41) is 0. The molecule has 0 aromatic rings. The van der Waals surface area contributed by atoms with E-state index in [1.807, 2.05) is 7.11 Å². The zero-order chi connectivity index (χ0) is 14.7. The van der Waals surface area contributed by atoms with E-state index in [2.05, 4.69) is 16.7 Å². The molecule has 3 fully saturated rings. The van der Waals surface area contributed by atoms with Crippen molar-refractivity contribution in [3.8, 4) is 0 Å². The van der Waals surface area contributed by atoms with Gasteiger partial charge in [0.15, 0.2) is 0 Å². The topological polar surface area (TPSA) is 15.7 Å². The first kappa shape index (κ1) is 15.8. The molecule has 0 aromatic heterocycles. The van der Waals surface area contributed by atoms with Gasteiger partial charge in [-0.3, -0.25) is 0 Å². The second-order valence-corrected chi connectivity index (χ2v) is 7.85. The minimum absolute atomic E-state index is 0.569. The molecule has 2 heterocycles. The molecule has 0 atom stereocenters. The molecule has 1 saturated carbocycles. The summed E-state index contributed by atoms with van der Waals surface area (Å²) in [6.07, 6.45) is 10.2. The van der Waals surface area contributed by atoms with Crippen LogP contribution < -0.4 is 0 Å². The van der Waals surface area contributed by atoms with Crippen LogP contribution in [0.3, 0.4) is 0 Å². The molecule has 0 unspecified atom stereocenters. The first-order valence-corrected chi connectivity index (χ1v) is 9.20. The maximum Gasteiger partial charge on any atom is 0.0582 e. The predicted octanol–water partition coefficient (Wildman–Crippen LogP) is 3.00. The summed E-state index contributed by atoms with van der Waals surface area (Å²) in [5.74, 6) is 0.959. The van der Waals surface area contributed by atoms with Crippen LogP contribution in [0.25, 0.3) is 0 Å². The Morgan fingerprint density at radius 3 is 2.24 bits per heavy atom. The highest BCUT2D eigenvalue weighted by molar-refractivity contribution is 4.98. The van der Waals surface area contributed by atoms with Gasteiger partial charge in [0.1, 0.15) is 0 Å². The van der Waals surface area contributed by atoms with E-state index in [9.17, 15) is 0 Å². The molecule has 3 nitrogen and oxygen atoms in total. The van der Waals surface area contributed by atoms with Crippen LogP contribution in [0.1, 0.15) is 51.9 Å². The van der Waals surface area contributed by atoms with Crippen molar-refractivity contribution >= 4 is 0 Å². The molecule has 2 saturated heterocycles. The van der Waals surface area contributed by atoms with Gasteiger partial charge in [-0.2, -0.15) is 0 Å². The van der Waals surface area contributed by atoms with Gasteiger partial charge in [0.05, 0.1) is 6.10 Å². The van der Waals surface area contributed by atoms with Gasteiger partial charge in [0, 0.05) is 13.7 Å². The summed E-state index contributed by atoms with van der Waals surface area (Å²) < 4.78 is 5.47. The molecule has 1 spiro atoms. The third-order valence-corrected chi connectivity index (χ3v) is 6.33. The lowest BCUT2D eigenvalue weighted by atomic mass is 9.61. The van der Waals surface area contributed by atoms with Crippen LogP contribution >= 0.6 is 0 Å². The molecule has 3 aliphatic rings. The van der Waals surface area contributed by atoms with E-state index >= 15 is 0 Å². The van der Waals surface area contributed by atoms with Crippen LogP contribution in [-0.4, -0.2) is 62.3 Å².